The normalized spacial score (nSPS) is 20.4. The van der Waals surface area contributed by atoms with Crippen LogP contribution in [0.4, 0.5) is 0 Å². The van der Waals surface area contributed by atoms with E-state index in [9.17, 15) is 4.79 Å². The van der Waals surface area contributed by atoms with Crippen molar-refractivity contribution in [2.45, 2.75) is 51.3 Å². The number of amides is 1. The molecule has 6 heteroatoms. The SMILES string of the molecule is COc1ccc(C(=O)N(CC2CN(Cc3ccc(C)o3)CCO2)C2CCCC2)cc1. The van der Waals surface area contributed by atoms with Crippen LogP contribution in [0.15, 0.2) is 40.8 Å². The van der Waals surface area contributed by atoms with E-state index in [-0.39, 0.29) is 12.0 Å². The molecule has 30 heavy (non-hydrogen) atoms. The third-order valence-electron chi connectivity index (χ3n) is 6.16. The van der Waals surface area contributed by atoms with Gasteiger partial charge < -0.3 is 18.8 Å². The van der Waals surface area contributed by atoms with Gasteiger partial charge in [-0.25, -0.2) is 0 Å². The average Bonchev–Trinajstić information content (AvgIpc) is 3.44. The van der Waals surface area contributed by atoms with Crippen molar-refractivity contribution in [2.75, 3.05) is 33.4 Å². The monoisotopic (exact) mass is 412 g/mol. The molecule has 1 saturated heterocycles. The predicted octanol–water partition coefficient (Wildman–Crippen LogP) is 3.88. The standard InChI is InChI=1S/C24H32N2O4/c1-18-7-10-22(30-18)15-25-13-14-29-23(16-25)17-26(20-5-3-4-6-20)24(27)19-8-11-21(28-2)12-9-19/h7-12,20,23H,3-6,13-17H2,1-2H3. The summed E-state index contributed by atoms with van der Waals surface area (Å²) in [5.41, 5.74) is 0.710. The number of rotatable bonds is 7. The number of carbonyl (C=O) groups excluding carboxylic acids is 1. The second-order valence-electron chi connectivity index (χ2n) is 8.36. The zero-order chi connectivity index (χ0) is 20.9. The zero-order valence-corrected chi connectivity index (χ0v) is 18.0. The van der Waals surface area contributed by atoms with E-state index in [1.54, 1.807) is 7.11 Å². The first kappa shape index (κ1) is 20.9. The summed E-state index contributed by atoms with van der Waals surface area (Å²) in [6.45, 7) is 5.74. The molecule has 0 N–H and O–H groups in total. The van der Waals surface area contributed by atoms with Crippen molar-refractivity contribution >= 4 is 5.91 Å². The summed E-state index contributed by atoms with van der Waals surface area (Å²) < 4.78 is 17.1. The van der Waals surface area contributed by atoms with E-state index in [0.29, 0.717) is 24.8 Å². The first-order chi connectivity index (χ1) is 14.6. The average molecular weight is 413 g/mol. The van der Waals surface area contributed by atoms with Crippen LogP contribution in [-0.2, 0) is 11.3 Å². The highest BCUT2D eigenvalue weighted by molar-refractivity contribution is 5.94. The number of hydrogen-bond acceptors (Lipinski definition) is 5. The van der Waals surface area contributed by atoms with Crippen molar-refractivity contribution in [1.82, 2.24) is 9.80 Å². The Morgan fingerprint density at radius 3 is 2.60 bits per heavy atom. The van der Waals surface area contributed by atoms with Crippen LogP contribution in [0.3, 0.4) is 0 Å². The van der Waals surface area contributed by atoms with Crippen molar-refractivity contribution in [1.29, 1.82) is 0 Å². The number of methoxy groups -OCH3 is 1. The van der Waals surface area contributed by atoms with Gasteiger partial charge in [0.1, 0.15) is 17.3 Å². The Bertz CT molecular complexity index is 826. The van der Waals surface area contributed by atoms with E-state index < -0.39 is 0 Å². The molecule has 1 atom stereocenters. The molecule has 2 heterocycles. The fourth-order valence-corrected chi connectivity index (χ4v) is 4.56. The molecule has 1 aliphatic heterocycles. The Labute approximate surface area is 178 Å². The molecular weight excluding hydrogens is 380 g/mol. The number of benzene rings is 1. The number of ether oxygens (including phenoxy) is 2. The number of morpholine rings is 1. The van der Waals surface area contributed by atoms with Crippen LogP contribution < -0.4 is 4.74 Å². The van der Waals surface area contributed by atoms with Crippen LogP contribution in [0, 0.1) is 6.92 Å². The highest BCUT2D eigenvalue weighted by atomic mass is 16.5. The zero-order valence-electron chi connectivity index (χ0n) is 18.0. The molecule has 4 rings (SSSR count). The number of furan rings is 1. The highest BCUT2D eigenvalue weighted by Crippen LogP contribution is 2.26. The number of aryl methyl sites for hydroxylation is 1. The summed E-state index contributed by atoms with van der Waals surface area (Å²) in [6, 6.07) is 11.8. The maximum atomic E-state index is 13.4. The topological polar surface area (TPSA) is 55.2 Å². The van der Waals surface area contributed by atoms with Gasteiger partial charge in [-0.3, -0.25) is 9.69 Å². The fourth-order valence-electron chi connectivity index (χ4n) is 4.56. The summed E-state index contributed by atoms with van der Waals surface area (Å²) in [4.78, 5) is 17.8. The molecule has 0 radical (unpaired) electrons. The van der Waals surface area contributed by atoms with E-state index in [1.807, 2.05) is 43.3 Å². The third kappa shape index (κ3) is 5.05. The van der Waals surface area contributed by atoms with E-state index in [2.05, 4.69) is 9.80 Å². The van der Waals surface area contributed by atoms with Crippen molar-refractivity contribution in [3.63, 3.8) is 0 Å². The molecule has 162 valence electrons. The van der Waals surface area contributed by atoms with Gasteiger partial charge >= 0.3 is 0 Å². The van der Waals surface area contributed by atoms with E-state index in [4.69, 9.17) is 13.9 Å². The molecule has 1 amide bonds. The van der Waals surface area contributed by atoms with Crippen LogP contribution in [0.2, 0.25) is 0 Å². The summed E-state index contributed by atoms with van der Waals surface area (Å²) >= 11 is 0. The lowest BCUT2D eigenvalue weighted by Crippen LogP contribution is -2.50. The minimum absolute atomic E-state index is 0.0117. The molecule has 0 spiro atoms. The van der Waals surface area contributed by atoms with Crippen molar-refractivity contribution < 1.29 is 18.7 Å². The molecule has 0 bridgehead atoms. The third-order valence-corrected chi connectivity index (χ3v) is 6.16. The van der Waals surface area contributed by atoms with Crippen molar-refractivity contribution in [3.05, 3.63) is 53.5 Å². The van der Waals surface area contributed by atoms with Gasteiger partial charge in [-0.05, 0) is 56.2 Å². The first-order valence-corrected chi connectivity index (χ1v) is 11.0. The van der Waals surface area contributed by atoms with Gasteiger partial charge in [0.25, 0.3) is 5.91 Å². The Balaban J connectivity index is 1.43. The number of hydrogen-bond donors (Lipinski definition) is 0. The quantitative estimate of drug-likeness (QED) is 0.691. The number of carbonyl (C=O) groups is 1. The van der Waals surface area contributed by atoms with Gasteiger partial charge in [0.15, 0.2) is 0 Å². The Hall–Kier alpha value is -2.31. The molecule has 2 aliphatic rings. The minimum Gasteiger partial charge on any atom is -0.497 e. The predicted molar refractivity (Wildman–Crippen MR) is 115 cm³/mol. The molecule has 1 aliphatic carbocycles. The lowest BCUT2D eigenvalue weighted by Gasteiger charge is -2.37. The van der Waals surface area contributed by atoms with Crippen molar-refractivity contribution in [2.24, 2.45) is 0 Å². The summed E-state index contributed by atoms with van der Waals surface area (Å²) in [6.07, 6.45) is 4.53. The molecular formula is C24H32N2O4. The summed E-state index contributed by atoms with van der Waals surface area (Å²) in [5, 5.41) is 0. The van der Waals surface area contributed by atoms with Gasteiger partial charge in [0.05, 0.1) is 26.4 Å². The van der Waals surface area contributed by atoms with Gasteiger partial charge in [-0.2, -0.15) is 0 Å². The molecule has 1 aromatic heterocycles. The Morgan fingerprint density at radius 2 is 1.93 bits per heavy atom. The van der Waals surface area contributed by atoms with Crippen LogP contribution >= 0.6 is 0 Å². The maximum absolute atomic E-state index is 13.4. The van der Waals surface area contributed by atoms with E-state index >= 15 is 0 Å². The van der Waals surface area contributed by atoms with Gasteiger partial charge in [-0.15, -0.1) is 0 Å². The second-order valence-corrected chi connectivity index (χ2v) is 8.36. The molecule has 2 fully saturated rings. The Morgan fingerprint density at radius 1 is 1.17 bits per heavy atom. The van der Waals surface area contributed by atoms with Crippen LogP contribution in [0.5, 0.6) is 5.75 Å². The lowest BCUT2D eigenvalue weighted by atomic mass is 10.1. The minimum atomic E-state index is 0.0117. The molecule has 1 aromatic carbocycles. The molecule has 6 nitrogen and oxygen atoms in total. The highest BCUT2D eigenvalue weighted by Gasteiger charge is 2.32. The van der Waals surface area contributed by atoms with Gasteiger partial charge in [0.2, 0.25) is 0 Å². The van der Waals surface area contributed by atoms with Gasteiger partial charge in [0, 0.05) is 31.2 Å². The number of nitrogens with zero attached hydrogens (tertiary/aromatic N) is 2. The van der Waals surface area contributed by atoms with E-state index in [0.717, 1.165) is 49.7 Å². The van der Waals surface area contributed by atoms with Gasteiger partial charge in [-0.1, -0.05) is 12.8 Å². The molecule has 2 aromatic rings. The largest absolute Gasteiger partial charge is 0.497 e. The van der Waals surface area contributed by atoms with Crippen LogP contribution in [-0.4, -0.2) is 61.2 Å². The summed E-state index contributed by atoms with van der Waals surface area (Å²) in [5.74, 6) is 2.77. The fraction of sp³-hybridized carbons (Fsp3) is 0.542. The lowest BCUT2D eigenvalue weighted by molar-refractivity contribution is -0.0482. The Kier molecular flexibility index (Phi) is 6.75. The maximum Gasteiger partial charge on any atom is 0.254 e. The van der Waals surface area contributed by atoms with Crippen molar-refractivity contribution in [3.8, 4) is 5.75 Å². The van der Waals surface area contributed by atoms with E-state index in [1.165, 1.54) is 12.8 Å². The van der Waals surface area contributed by atoms with Crippen LogP contribution in [0.1, 0.15) is 47.6 Å². The van der Waals surface area contributed by atoms with Crippen LogP contribution in [0.25, 0.3) is 0 Å². The molecule has 1 saturated carbocycles. The smallest absolute Gasteiger partial charge is 0.254 e. The summed E-state index contributed by atoms with van der Waals surface area (Å²) in [7, 11) is 1.64. The molecule has 1 unspecified atom stereocenters. The first-order valence-electron chi connectivity index (χ1n) is 11.0. The second kappa shape index (κ2) is 9.67.